The number of imidazole rings is 1. The van der Waals surface area contributed by atoms with E-state index in [1.165, 1.54) is 83.4 Å². The summed E-state index contributed by atoms with van der Waals surface area (Å²) in [6.45, 7) is 2.63. The summed E-state index contributed by atoms with van der Waals surface area (Å²) in [6.07, 6.45) is 18.1. The fourth-order valence-corrected chi connectivity index (χ4v) is 5.29. The fraction of sp³-hybridized carbons (Fsp3) is 0.815. The minimum atomic E-state index is -4.26. The number of hydrogen-bond donors (Lipinski definition) is 3. The number of nitrogen functional groups attached to an aromatic ring is 2. The third-order valence-corrected chi connectivity index (χ3v) is 7.78. The second kappa shape index (κ2) is 22.7. The van der Waals surface area contributed by atoms with Gasteiger partial charge in [-0.15, -0.1) is 0 Å². The van der Waals surface area contributed by atoms with Crippen molar-refractivity contribution in [2.24, 2.45) is 0 Å². The zero-order chi connectivity index (χ0) is 29.1. The van der Waals surface area contributed by atoms with E-state index in [2.05, 4.69) is 21.9 Å². The van der Waals surface area contributed by atoms with E-state index in [0.29, 0.717) is 17.8 Å². The molecule has 12 nitrogen and oxygen atoms in total. The topological polar surface area (TPSA) is 184 Å². The molecule has 5 N–H and O–H groups in total. The monoisotopic (exact) mass is 608 g/mol. The molecule has 0 aromatic carbocycles. The van der Waals surface area contributed by atoms with Crippen molar-refractivity contribution in [3.63, 3.8) is 0 Å². The number of aliphatic hydroxyl groups is 1. The van der Waals surface area contributed by atoms with Gasteiger partial charge in [-0.2, -0.15) is 9.97 Å². The average molecular weight is 609 g/mol. The maximum Gasteiger partial charge on any atom is 1.00 e. The average Bonchev–Trinajstić information content (AvgIpc) is 3.32. The molecule has 0 bridgehead atoms. The van der Waals surface area contributed by atoms with Crippen molar-refractivity contribution < 1.29 is 58.1 Å². The van der Waals surface area contributed by atoms with Gasteiger partial charge >= 0.3 is 29.6 Å². The number of nitrogens with zero attached hydrogens (tertiary/aromatic N) is 4. The molecular weight excluding hydrogens is 558 g/mol. The number of aromatic nitrogens is 4. The van der Waals surface area contributed by atoms with Crippen molar-refractivity contribution in [3.8, 4) is 0 Å². The Morgan fingerprint density at radius 3 is 2.10 bits per heavy atom. The Morgan fingerprint density at radius 1 is 0.927 bits per heavy atom. The quantitative estimate of drug-likeness (QED) is 0.0841. The minimum absolute atomic E-state index is 0. The summed E-state index contributed by atoms with van der Waals surface area (Å²) in [7, 11) is -4.26. The molecule has 0 fully saturated rings. The van der Waals surface area contributed by atoms with E-state index in [4.69, 9.17) is 25.5 Å². The second-order valence-electron chi connectivity index (χ2n) is 10.3. The van der Waals surface area contributed by atoms with Crippen LogP contribution in [0.4, 0.5) is 11.8 Å². The van der Waals surface area contributed by atoms with Gasteiger partial charge < -0.3 is 44.6 Å². The molecule has 2 aromatic rings. The van der Waals surface area contributed by atoms with Crippen LogP contribution in [-0.2, 0) is 25.1 Å². The molecular formula is C27H50N6NaO6P. The zero-order valence-electron chi connectivity index (χ0n) is 25.2. The third kappa shape index (κ3) is 16.6. The summed E-state index contributed by atoms with van der Waals surface area (Å²) < 4.78 is 29.6. The molecule has 2 rings (SSSR count). The molecule has 0 aliphatic rings. The molecule has 0 radical (unpaired) electrons. The van der Waals surface area contributed by atoms with E-state index in [1.54, 1.807) is 4.57 Å². The molecule has 0 amide bonds. The molecule has 0 aliphatic heterocycles. The van der Waals surface area contributed by atoms with Crippen molar-refractivity contribution in [1.82, 2.24) is 19.5 Å². The van der Waals surface area contributed by atoms with Gasteiger partial charge in [0.05, 0.1) is 38.8 Å². The fourth-order valence-electron chi connectivity index (χ4n) is 4.47. The first kappa shape index (κ1) is 38.2. The van der Waals surface area contributed by atoms with Crippen LogP contribution >= 0.6 is 7.60 Å². The molecule has 0 saturated carbocycles. The molecule has 0 aliphatic carbocycles. The zero-order valence-corrected chi connectivity index (χ0v) is 28.1. The molecule has 0 spiro atoms. The number of nitrogens with two attached hydrogens (primary N) is 2. The molecule has 2 atom stereocenters. The Balaban J connectivity index is 0.00000840. The number of rotatable bonds is 25. The normalized spacial score (nSPS) is 13.7. The Bertz CT molecular complexity index is 1000. The Hall–Kier alpha value is -0.820. The van der Waals surface area contributed by atoms with E-state index < -0.39 is 26.7 Å². The smallest absolute Gasteiger partial charge is 0.777 e. The number of fused-ring (bicyclic) bond motifs is 1. The predicted octanol–water partition coefficient (Wildman–Crippen LogP) is 1.40. The first-order valence-electron chi connectivity index (χ1n) is 14.8. The van der Waals surface area contributed by atoms with Gasteiger partial charge in [0.2, 0.25) is 5.95 Å². The molecule has 14 heteroatoms. The van der Waals surface area contributed by atoms with Gasteiger partial charge in [0.15, 0.2) is 19.1 Å². The van der Waals surface area contributed by atoms with Gasteiger partial charge in [0.25, 0.3) is 0 Å². The van der Waals surface area contributed by atoms with Crippen LogP contribution in [0.1, 0.15) is 96.8 Å². The van der Waals surface area contributed by atoms with Crippen molar-refractivity contribution in [3.05, 3.63) is 6.33 Å². The Labute approximate surface area is 267 Å². The van der Waals surface area contributed by atoms with Gasteiger partial charge in [-0.3, -0.25) is 0 Å². The first-order chi connectivity index (χ1) is 19.4. The van der Waals surface area contributed by atoms with Gasteiger partial charge in [0.1, 0.15) is 11.9 Å². The van der Waals surface area contributed by atoms with E-state index >= 15 is 0 Å². The van der Waals surface area contributed by atoms with Gasteiger partial charge in [-0.05, 0) is 6.42 Å². The van der Waals surface area contributed by atoms with Crippen LogP contribution in [0.25, 0.3) is 11.2 Å². The maximum absolute atomic E-state index is 12.2. The largest absolute Gasteiger partial charge is 1.00 e. The summed E-state index contributed by atoms with van der Waals surface area (Å²) in [4.78, 5) is 24.3. The molecule has 2 aromatic heterocycles. The SMILES string of the molecule is CCCCCCCCCCCCCCCCOCCOP(=O)([O-])CO[C@H](CO)Cn1cnc2c(N)nc(N)nc21.[Na+]. The van der Waals surface area contributed by atoms with Crippen LogP contribution < -0.4 is 45.9 Å². The number of unbranched alkanes of at least 4 members (excludes halogenated alkanes) is 13. The van der Waals surface area contributed by atoms with Crippen LogP contribution in [-0.4, -0.2) is 63.5 Å². The second-order valence-corrected chi connectivity index (χ2v) is 12.0. The first-order valence-corrected chi connectivity index (χ1v) is 16.6. The van der Waals surface area contributed by atoms with Gasteiger partial charge in [0, 0.05) is 6.61 Å². The molecule has 0 saturated heterocycles. The van der Waals surface area contributed by atoms with E-state index in [0.717, 1.165) is 12.8 Å². The van der Waals surface area contributed by atoms with Crippen molar-refractivity contribution >= 4 is 30.5 Å². The van der Waals surface area contributed by atoms with E-state index in [-0.39, 0.29) is 61.1 Å². The molecule has 41 heavy (non-hydrogen) atoms. The molecule has 2 heterocycles. The van der Waals surface area contributed by atoms with E-state index in [9.17, 15) is 14.6 Å². The van der Waals surface area contributed by atoms with Crippen LogP contribution in [0.5, 0.6) is 0 Å². The Morgan fingerprint density at radius 2 is 1.51 bits per heavy atom. The summed E-state index contributed by atoms with van der Waals surface area (Å²) in [6, 6.07) is 0. The van der Waals surface area contributed by atoms with Crippen molar-refractivity contribution in [2.75, 3.05) is 44.2 Å². The Kier molecular flexibility index (Phi) is 21.1. The number of anilines is 2. The number of ether oxygens (including phenoxy) is 2. The summed E-state index contributed by atoms with van der Waals surface area (Å²) in [5.41, 5.74) is 12.2. The predicted molar refractivity (Wildman–Crippen MR) is 156 cm³/mol. The summed E-state index contributed by atoms with van der Waals surface area (Å²) >= 11 is 0. The molecule has 1 unspecified atom stereocenters. The summed E-state index contributed by atoms with van der Waals surface area (Å²) in [5.74, 6) is 0.115. The van der Waals surface area contributed by atoms with Crippen molar-refractivity contribution in [1.29, 1.82) is 0 Å². The number of aliphatic hydroxyl groups excluding tert-OH is 1. The van der Waals surface area contributed by atoms with Crippen LogP contribution in [0.15, 0.2) is 6.33 Å². The van der Waals surface area contributed by atoms with Crippen molar-refractivity contribution in [2.45, 2.75) is 109 Å². The third-order valence-electron chi connectivity index (χ3n) is 6.74. The van der Waals surface area contributed by atoms with Crippen LogP contribution in [0.2, 0.25) is 0 Å². The standard InChI is InChI=1S/C27H51N6O6P.Na/c1-2-3-4-5-6-7-8-9-10-11-12-13-14-15-16-37-17-18-39-40(35,36)22-38-23(20-34)19-33-21-30-24-25(28)31-27(29)32-26(24)33;/h21,23,34H,2-20,22H2,1H3,(H,35,36)(H4,28,29,31,32);/q;+1/p-1/t23-;/m0./s1. The maximum atomic E-state index is 12.2. The summed E-state index contributed by atoms with van der Waals surface area (Å²) in [5, 5.41) is 9.65. The van der Waals surface area contributed by atoms with Crippen LogP contribution in [0, 0.1) is 0 Å². The minimum Gasteiger partial charge on any atom is -0.777 e. The number of hydrogen-bond acceptors (Lipinski definition) is 11. The molecule has 230 valence electrons. The van der Waals surface area contributed by atoms with Gasteiger partial charge in [-0.1, -0.05) is 90.4 Å². The van der Waals surface area contributed by atoms with E-state index in [1.807, 2.05) is 0 Å². The van der Waals surface area contributed by atoms with Gasteiger partial charge in [-0.25, -0.2) is 4.98 Å². The van der Waals surface area contributed by atoms with Crippen LogP contribution in [0.3, 0.4) is 0 Å².